The van der Waals surface area contributed by atoms with Crippen LogP contribution in [0.15, 0.2) is 40.9 Å². The van der Waals surface area contributed by atoms with Crippen molar-refractivity contribution in [3.63, 3.8) is 0 Å². The smallest absolute Gasteiger partial charge is 0.163 e. The number of aromatic hydroxyl groups is 2. The van der Waals surface area contributed by atoms with Crippen LogP contribution >= 0.6 is 15.9 Å². The number of ketones is 1. The van der Waals surface area contributed by atoms with Gasteiger partial charge in [0, 0.05) is 10.0 Å². The zero-order valence-electron chi connectivity index (χ0n) is 9.64. The lowest BCUT2D eigenvalue weighted by atomic mass is 9.99. The molecule has 0 aromatic heterocycles. The summed E-state index contributed by atoms with van der Waals surface area (Å²) < 4.78 is 0.854. The Balaban J connectivity index is 2.68. The van der Waals surface area contributed by atoms with Crippen molar-refractivity contribution in [2.45, 2.75) is 6.92 Å². The van der Waals surface area contributed by atoms with Gasteiger partial charge in [-0.05, 0) is 36.8 Å². The summed E-state index contributed by atoms with van der Waals surface area (Å²) in [5, 5.41) is 19.7. The van der Waals surface area contributed by atoms with Crippen molar-refractivity contribution < 1.29 is 15.0 Å². The van der Waals surface area contributed by atoms with Crippen LogP contribution in [0.4, 0.5) is 0 Å². The average molecular weight is 307 g/mol. The van der Waals surface area contributed by atoms with Gasteiger partial charge in [-0.15, -0.1) is 0 Å². The first-order valence-corrected chi connectivity index (χ1v) is 6.11. The third kappa shape index (κ3) is 2.38. The first kappa shape index (κ1) is 12.6. The third-order valence-electron chi connectivity index (χ3n) is 2.61. The van der Waals surface area contributed by atoms with Crippen LogP contribution in [0, 0.1) is 0 Å². The quantitative estimate of drug-likeness (QED) is 0.656. The molecule has 0 aliphatic rings. The van der Waals surface area contributed by atoms with Crippen LogP contribution in [0.25, 0.3) is 11.1 Å². The molecule has 0 amide bonds. The highest BCUT2D eigenvalue weighted by molar-refractivity contribution is 9.10. The molecular formula is C14H11BrO3. The van der Waals surface area contributed by atoms with Crippen LogP contribution in [0.2, 0.25) is 0 Å². The van der Waals surface area contributed by atoms with Gasteiger partial charge in [0.1, 0.15) is 11.5 Å². The molecule has 0 spiro atoms. The first-order valence-electron chi connectivity index (χ1n) is 5.32. The molecule has 0 saturated heterocycles. The minimum Gasteiger partial charge on any atom is -0.508 e. The van der Waals surface area contributed by atoms with Gasteiger partial charge in [0.2, 0.25) is 0 Å². The largest absolute Gasteiger partial charge is 0.508 e. The summed E-state index contributed by atoms with van der Waals surface area (Å²) in [5.74, 6) is -0.453. The molecule has 18 heavy (non-hydrogen) atoms. The van der Waals surface area contributed by atoms with Crippen LogP contribution in [-0.4, -0.2) is 16.0 Å². The lowest BCUT2D eigenvalue weighted by Crippen LogP contribution is -1.94. The summed E-state index contributed by atoms with van der Waals surface area (Å²) in [6.07, 6.45) is 0. The van der Waals surface area contributed by atoms with E-state index in [9.17, 15) is 15.0 Å². The van der Waals surface area contributed by atoms with Gasteiger partial charge in [0.05, 0.1) is 5.56 Å². The molecule has 0 radical (unpaired) electrons. The van der Waals surface area contributed by atoms with Gasteiger partial charge in [-0.2, -0.15) is 0 Å². The zero-order chi connectivity index (χ0) is 13.3. The summed E-state index contributed by atoms with van der Waals surface area (Å²) in [4.78, 5) is 11.4. The SMILES string of the molecule is CC(=O)c1cc(O)cc(-c2cccc(Br)c2)c1O. The van der Waals surface area contributed by atoms with Gasteiger partial charge >= 0.3 is 0 Å². The fourth-order valence-electron chi connectivity index (χ4n) is 1.76. The molecule has 0 aliphatic carbocycles. The summed E-state index contributed by atoms with van der Waals surface area (Å²) in [5.41, 5.74) is 1.27. The molecule has 92 valence electrons. The minimum atomic E-state index is -0.292. The van der Waals surface area contributed by atoms with E-state index in [0.717, 1.165) is 10.0 Å². The van der Waals surface area contributed by atoms with Crippen LogP contribution in [0.5, 0.6) is 11.5 Å². The second-order valence-corrected chi connectivity index (χ2v) is 4.87. The first-order chi connectivity index (χ1) is 8.49. The molecule has 0 aliphatic heterocycles. The van der Waals surface area contributed by atoms with Crippen molar-refractivity contribution in [1.82, 2.24) is 0 Å². The van der Waals surface area contributed by atoms with Gasteiger partial charge in [0.15, 0.2) is 5.78 Å². The number of benzene rings is 2. The lowest BCUT2D eigenvalue weighted by Gasteiger charge is -2.09. The lowest BCUT2D eigenvalue weighted by molar-refractivity contribution is 0.101. The highest BCUT2D eigenvalue weighted by atomic mass is 79.9. The van der Waals surface area contributed by atoms with Crippen molar-refractivity contribution in [2.75, 3.05) is 0 Å². The zero-order valence-corrected chi connectivity index (χ0v) is 11.2. The van der Waals surface area contributed by atoms with E-state index in [2.05, 4.69) is 15.9 Å². The summed E-state index contributed by atoms with van der Waals surface area (Å²) >= 11 is 3.34. The molecule has 0 fully saturated rings. The van der Waals surface area contributed by atoms with E-state index in [0.29, 0.717) is 5.56 Å². The minimum absolute atomic E-state index is 0.0482. The van der Waals surface area contributed by atoms with Gasteiger partial charge in [0.25, 0.3) is 0 Å². The van der Waals surface area contributed by atoms with Crippen LogP contribution in [-0.2, 0) is 0 Å². The Morgan fingerprint density at radius 3 is 2.50 bits per heavy atom. The Bertz CT molecular complexity index is 620. The number of rotatable bonds is 2. The van der Waals surface area contributed by atoms with Gasteiger partial charge in [-0.25, -0.2) is 0 Å². The number of hydrogen-bond donors (Lipinski definition) is 2. The standard InChI is InChI=1S/C14H11BrO3/c1-8(16)12-6-11(17)7-13(14(12)18)9-3-2-4-10(15)5-9/h2-7,17-18H,1H3. The van der Waals surface area contributed by atoms with E-state index in [4.69, 9.17) is 0 Å². The van der Waals surface area contributed by atoms with E-state index in [1.165, 1.54) is 19.1 Å². The van der Waals surface area contributed by atoms with E-state index >= 15 is 0 Å². The maximum Gasteiger partial charge on any atom is 0.163 e. The topological polar surface area (TPSA) is 57.5 Å². The molecule has 0 heterocycles. The Morgan fingerprint density at radius 2 is 1.89 bits per heavy atom. The Morgan fingerprint density at radius 1 is 1.17 bits per heavy atom. The van der Waals surface area contributed by atoms with E-state index in [1.54, 1.807) is 12.1 Å². The summed E-state index contributed by atoms with van der Waals surface area (Å²) in [6, 6.07) is 9.97. The number of phenolic OH excluding ortho intramolecular Hbond substituents is 2. The number of halogens is 1. The summed E-state index contributed by atoms with van der Waals surface area (Å²) in [7, 11) is 0. The predicted octanol–water partition coefficient (Wildman–Crippen LogP) is 3.73. The number of carbonyl (C=O) groups is 1. The van der Waals surface area contributed by atoms with Gasteiger partial charge in [-0.1, -0.05) is 28.1 Å². The van der Waals surface area contributed by atoms with Crippen LogP contribution in [0.3, 0.4) is 0 Å². The molecule has 2 aromatic carbocycles. The molecular weight excluding hydrogens is 296 g/mol. The third-order valence-corrected chi connectivity index (χ3v) is 3.10. The van der Waals surface area contributed by atoms with Crippen molar-refractivity contribution >= 4 is 21.7 Å². The van der Waals surface area contributed by atoms with E-state index in [1.807, 2.05) is 12.1 Å². The fourth-order valence-corrected chi connectivity index (χ4v) is 2.16. The van der Waals surface area contributed by atoms with Crippen LogP contribution in [0.1, 0.15) is 17.3 Å². The van der Waals surface area contributed by atoms with Crippen molar-refractivity contribution in [3.8, 4) is 22.6 Å². The Kier molecular flexibility index (Phi) is 3.39. The molecule has 2 aromatic rings. The molecule has 2 N–H and O–H groups in total. The molecule has 0 unspecified atom stereocenters. The predicted molar refractivity (Wildman–Crippen MR) is 72.9 cm³/mol. The highest BCUT2D eigenvalue weighted by Crippen LogP contribution is 2.36. The average Bonchev–Trinajstić information content (AvgIpc) is 2.31. The number of hydrogen-bond acceptors (Lipinski definition) is 3. The second-order valence-electron chi connectivity index (χ2n) is 3.96. The van der Waals surface area contributed by atoms with Crippen molar-refractivity contribution in [2.24, 2.45) is 0 Å². The fraction of sp³-hybridized carbons (Fsp3) is 0.0714. The molecule has 2 rings (SSSR count). The second kappa shape index (κ2) is 4.82. The molecule has 0 bridgehead atoms. The van der Waals surface area contributed by atoms with Gasteiger partial charge < -0.3 is 10.2 Å². The molecule has 3 nitrogen and oxygen atoms in total. The van der Waals surface area contributed by atoms with Crippen molar-refractivity contribution in [1.29, 1.82) is 0 Å². The van der Waals surface area contributed by atoms with E-state index < -0.39 is 0 Å². The van der Waals surface area contributed by atoms with Crippen molar-refractivity contribution in [3.05, 3.63) is 46.4 Å². The highest BCUT2D eigenvalue weighted by Gasteiger charge is 2.14. The van der Waals surface area contributed by atoms with E-state index in [-0.39, 0.29) is 22.8 Å². The summed E-state index contributed by atoms with van der Waals surface area (Å²) in [6.45, 7) is 1.35. The Hall–Kier alpha value is -1.81. The molecule has 4 heteroatoms. The van der Waals surface area contributed by atoms with Crippen LogP contribution < -0.4 is 0 Å². The molecule has 0 saturated carbocycles. The normalized spacial score (nSPS) is 10.3. The maximum absolute atomic E-state index is 11.4. The monoisotopic (exact) mass is 306 g/mol. The number of Topliss-reactive ketones (excluding diaryl/α,β-unsaturated/α-hetero) is 1. The van der Waals surface area contributed by atoms with Gasteiger partial charge in [-0.3, -0.25) is 4.79 Å². The number of phenols is 2. The Labute approximate surface area is 113 Å². The maximum atomic E-state index is 11.4. The number of carbonyl (C=O) groups excluding carboxylic acids is 1. The molecule has 0 atom stereocenters.